The van der Waals surface area contributed by atoms with Gasteiger partial charge in [0, 0.05) is 28.4 Å². The van der Waals surface area contributed by atoms with Gasteiger partial charge in [0.15, 0.2) is 0 Å². The number of benzene rings is 3. The maximum Gasteiger partial charge on any atom is 0.335 e. The molecule has 0 spiro atoms. The van der Waals surface area contributed by atoms with E-state index in [0.29, 0.717) is 11.1 Å². The van der Waals surface area contributed by atoms with Gasteiger partial charge in [0.25, 0.3) is 0 Å². The fourth-order valence-electron chi connectivity index (χ4n) is 3.64. The first-order valence-corrected chi connectivity index (χ1v) is 10.3. The molecule has 6 nitrogen and oxygen atoms in total. The first-order valence-electron chi connectivity index (χ1n) is 10.3. The number of allylic oxidation sites excluding steroid dienone is 1. The third kappa shape index (κ3) is 4.83. The van der Waals surface area contributed by atoms with Crippen molar-refractivity contribution in [2.75, 3.05) is 5.32 Å². The van der Waals surface area contributed by atoms with Crippen molar-refractivity contribution in [2.45, 2.75) is 13.5 Å². The Balaban J connectivity index is 1.64. The highest BCUT2D eigenvalue weighted by Gasteiger charge is 2.12. The molecule has 162 valence electrons. The lowest BCUT2D eigenvalue weighted by Crippen LogP contribution is -2.18. The molecule has 0 fully saturated rings. The molecule has 0 aliphatic heterocycles. The summed E-state index contributed by atoms with van der Waals surface area (Å²) in [6.45, 7) is 2.11. The lowest BCUT2D eigenvalue weighted by Gasteiger charge is -2.07. The SMILES string of the molecule is Cc1ccc(NC(=O)Cn2cc(/C=C(/C#N)c3ccc(C(=O)O)cc3)c3ccccc32)cc1. The number of nitrogens with zero attached hydrogens (tertiary/aromatic N) is 2. The number of carbonyl (C=O) groups excluding carboxylic acids is 1. The first-order chi connectivity index (χ1) is 15.9. The number of nitriles is 1. The van der Waals surface area contributed by atoms with Crippen LogP contribution >= 0.6 is 0 Å². The van der Waals surface area contributed by atoms with Crippen molar-refractivity contribution in [3.63, 3.8) is 0 Å². The summed E-state index contributed by atoms with van der Waals surface area (Å²) in [6.07, 6.45) is 3.61. The zero-order valence-corrected chi connectivity index (χ0v) is 17.9. The molecule has 33 heavy (non-hydrogen) atoms. The molecule has 1 aromatic heterocycles. The summed E-state index contributed by atoms with van der Waals surface area (Å²) in [5.41, 5.74) is 4.71. The minimum absolute atomic E-state index is 0.122. The van der Waals surface area contributed by atoms with Gasteiger partial charge in [0.05, 0.1) is 17.2 Å². The Hall–Kier alpha value is -4.63. The predicted molar refractivity (Wildman–Crippen MR) is 129 cm³/mol. The van der Waals surface area contributed by atoms with Crippen LogP contribution in [0.2, 0.25) is 0 Å². The van der Waals surface area contributed by atoms with Crippen molar-refractivity contribution in [2.24, 2.45) is 0 Å². The minimum Gasteiger partial charge on any atom is -0.478 e. The van der Waals surface area contributed by atoms with Crippen LogP contribution in [-0.2, 0) is 11.3 Å². The molecule has 0 unspecified atom stereocenters. The summed E-state index contributed by atoms with van der Waals surface area (Å²) in [6, 6.07) is 23.7. The Bertz CT molecular complexity index is 1410. The number of nitrogens with one attached hydrogen (secondary N) is 1. The highest BCUT2D eigenvalue weighted by molar-refractivity contribution is 5.99. The van der Waals surface area contributed by atoms with E-state index in [0.717, 1.165) is 27.7 Å². The summed E-state index contributed by atoms with van der Waals surface area (Å²) in [5, 5.41) is 22.6. The van der Waals surface area contributed by atoms with E-state index in [1.165, 1.54) is 12.1 Å². The zero-order chi connectivity index (χ0) is 23.4. The number of carbonyl (C=O) groups is 2. The molecule has 6 heteroatoms. The van der Waals surface area contributed by atoms with Crippen LogP contribution in [0.3, 0.4) is 0 Å². The lowest BCUT2D eigenvalue weighted by molar-refractivity contribution is -0.116. The van der Waals surface area contributed by atoms with Crippen molar-refractivity contribution < 1.29 is 14.7 Å². The van der Waals surface area contributed by atoms with Gasteiger partial charge in [-0.2, -0.15) is 5.26 Å². The van der Waals surface area contributed by atoms with Crippen LogP contribution in [0.25, 0.3) is 22.6 Å². The van der Waals surface area contributed by atoms with Gasteiger partial charge in [-0.15, -0.1) is 0 Å². The maximum atomic E-state index is 12.7. The predicted octanol–water partition coefficient (Wildman–Crippen LogP) is 5.35. The van der Waals surface area contributed by atoms with Crippen LogP contribution in [0.4, 0.5) is 5.69 Å². The van der Waals surface area contributed by atoms with E-state index in [9.17, 15) is 14.9 Å². The Morgan fingerprint density at radius 2 is 1.67 bits per heavy atom. The number of carboxylic acids is 1. The van der Waals surface area contributed by atoms with Gasteiger partial charge >= 0.3 is 5.97 Å². The van der Waals surface area contributed by atoms with Gasteiger partial charge in [-0.1, -0.05) is 48.0 Å². The van der Waals surface area contributed by atoms with Crippen molar-refractivity contribution >= 4 is 40.1 Å². The second-order valence-corrected chi connectivity index (χ2v) is 7.70. The standard InChI is InChI=1S/C27H21N3O3/c1-18-6-12-23(13-7-18)29-26(31)17-30-16-22(24-4-2-3-5-25(24)30)14-21(15-28)19-8-10-20(11-9-19)27(32)33/h2-14,16H,17H2,1H3,(H,29,31)(H,32,33)/b21-14-. The third-order valence-corrected chi connectivity index (χ3v) is 5.33. The number of carboxylic acid groups (broad SMARTS) is 1. The van der Waals surface area contributed by atoms with Crippen LogP contribution in [0, 0.1) is 18.3 Å². The minimum atomic E-state index is -1.02. The van der Waals surface area contributed by atoms with Crippen molar-refractivity contribution in [1.29, 1.82) is 5.26 Å². The van der Waals surface area contributed by atoms with Crippen LogP contribution < -0.4 is 5.32 Å². The summed E-state index contributed by atoms with van der Waals surface area (Å²) in [7, 11) is 0. The van der Waals surface area contributed by atoms with E-state index < -0.39 is 5.97 Å². The number of anilines is 1. The fourth-order valence-corrected chi connectivity index (χ4v) is 3.64. The van der Waals surface area contributed by atoms with Gasteiger partial charge in [-0.25, -0.2) is 4.79 Å². The molecule has 0 saturated carbocycles. The van der Waals surface area contributed by atoms with Gasteiger partial charge in [0.2, 0.25) is 5.91 Å². The average molecular weight is 435 g/mol. The number of aryl methyl sites for hydroxylation is 1. The molecule has 0 atom stereocenters. The first kappa shape index (κ1) is 21.6. The normalized spacial score (nSPS) is 11.2. The number of aromatic carboxylic acids is 1. The van der Waals surface area contributed by atoms with Crippen LogP contribution in [-0.4, -0.2) is 21.6 Å². The molecule has 2 N–H and O–H groups in total. The molecule has 0 radical (unpaired) electrons. The van der Waals surface area contributed by atoms with Gasteiger partial charge in [-0.05, 0) is 48.9 Å². The molecule has 1 heterocycles. The molecule has 0 bridgehead atoms. The summed E-state index contributed by atoms with van der Waals surface area (Å²) < 4.78 is 1.85. The molecule has 0 aliphatic carbocycles. The van der Waals surface area contributed by atoms with E-state index in [1.54, 1.807) is 18.2 Å². The van der Waals surface area contributed by atoms with Crippen LogP contribution in [0.15, 0.2) is 79.0 Å². The van der Waals surface area contributed by atoms with Crippen LogP contribution in [0.1, 0.15) is 27.0 Å². The highest BCUT2D eigenvalue weighted by atomic mass is 16.4. The highest BCUT2D eigenvalue weighted by Crippen LogP contribution is 2.26. The second kappa shape index (κ2) is 9.25. The van der Waals surface area contributed by atoms with Gasteiger partial charge in [0.1, 0.15) is 6.54 Å². The Morgan fingerprint density at radius 1 is 1.00 bits per heavy atom. The van der Waals surface area contributed by atoms with Crippen molar-refractivity contribution in [3.8, 4) is 6.07 Å². The van der Waals surface area contributed by atoms with Gasteiger partial charge < -0.3 is 15.0 Å². The molecule has 0 saturated heterocycles. The molecule has 0 aliphatic rings. The van der Waals surface area contributed by atoms with Crippen molar-refractivity contribution in [3.05, 3.63) is 101 Å². The largest absolute Gasteiger partial charge is 0.478 e. The van der Waals surface area contributed by atoms with E-state index in [1.807, 2.05) is 66.2 Å². The third-order valence-electron chi connectivity index (χ3n) is 5.33. The number of fused-ring (bicyclic) bond motifs is 1. The monoisotopic (exact) mass is 435 g/mol. The number of aromatic nitrogens is 1. The lowest BCUT2D eigenvalue weighted by atomic mass is 10.0. The summed E-state index contributed by atoms with van der Waals surface area (Å²) in [4.78, 5) is 23.8. The topological polar surface area (TPSA) is 95.1 Å². The van der Waals surface area contributed by atoms with E-state index in [2.05, 4.69) is 11.4 Å². The Labute approximate surface area is 191 Å². The van der Waals surface area contributed by atoms with Crippen molar-refractivity contribution in [1.82, 2.24) is 4.57 Å². The molecule has 1 amide bonds. The fraction of sp³-hybridized carbons (Fsp3) is 0.0741. The van der Waals surface area contributed by atoms with E-state index >= 15 is 0 Å². The maximum absolute atomic E-state index is 12.7. The van der Waals surface area contributed by atoms with Gasteiger partial charge in [-0.3, -0.25) is 4.79 Å². The summed E-state index contributed by atoms with van der Waals surface area (Å²) in [5.74, 6) is -1.17. The summed E-state index contributed by atoms with van der Waals surface area (Å²) >= 11 is 0. The van der Waals surface area contributed by atoms with E-state index in [-0.39, 0.29) is 18.0 Å². The molecule has 4 aromatic rings. The molecular weight excluding hydrogens is 414 g/mol. The number of hydrogen-bond acceptors (Lipinski definition) is 3. The average Bonchev–Trinajstić information content (AvgIpc) is 3.16. The Kier molecular flexibility index (Phi) is 6.05. The second-order valence-electron chi connectivity index (χ2n) is 7.70. The van der Waals surface area contributed by atoms with E-state index in [4.69, 9.17) is 5.11 Å². The number of hydrogen-bond donors (Lipinski definition) is 2. The quantitative estimate of drug-likeness (QED) is 0.399. The number of para-hydroxylation sites is 1. The molecule has 4 rings (SSSR count). The number of amides is 1. The molecule has 3 aromatic carbocycles. The Morgan fingerprint density at radius 3 is 2.33 bits per heavy atom. The smallest absolute Gasteiger partial charge is 0.335 e. The molecular formula is C27H21N3O3. The van der Waals surface area contributed by atoms with Crippen LogP contribution in [0.5, 0.6) is 0 Å². The zero-order valence-electron chi connectivity index (χ0n) is 17.9. The number of rotatable bonds is 6.